The Morgan fingerprint density at radius 3 is 2.68 bits per heavy atom. The van der Waals surface area contributed by atoms with Crippen molar-refractivity contribution >= 4 is 39.4 Å². The molecular formula is C14H13BrN2OS. The molecule has 1 aromatic carbocycles. The fraction of sp³-hybridized carbons (Fsp3) is 0.143. The minimum absolute atomic E-state index is 0.119. The van der Waals surface area contributed by atoms with Crippen LogP contribution in [0.2, 0.25) is 0 Å². The maximum atomic E-state index is 11.7. The van der Waals surface area contributed by atoms with E-state index in [-0.39, 0.29) is 5.91 Å². The summed E-state index contributed by atoms with van der Waals surface area (Å²) in [7, 11) is 0. The Balaban J connectivity index is 1.84. The lowest BCUT2D eigenvalue weighted by molar-refractivity contribution is -0.120. The molecule has 1 amide bonds. The number of nitrogens with one attached hydrogen (secondary N) is 1. The number of amides is 1. The zero-order valence-corrected chi connectivity index (χ0v) is 12.8. The van der Waals surface area contributed by atoms with Gasteiger partial charge >= 0.3 is 0 Å². The average molecular weight is 337 g/mol. The molecule has 0 bridgehead atoms. The van der Waals surface area contributed by atoms with Crippen LogP contribution in [-0.2, 0) is 11.2 Å². The van der Waals surface area contributed by atoms with Crippen molar-refractivity contribution in [2.75, 3.05) is 0 Å². The number of carbonyl (C=O) groups excluding carboxylic acids is 1. The molecular weight excluding hydrogens is 324 g/mol. The Morgan fingerprint density at radius 2 is 2.05 bits per heavy atom. The maximum absolute atomic E-state index is 11.7. The highest BCUT2D eigenvalue weighted by molar-refractivity contribution is 9.10. The van der Waals surface area contributed by atoms with Crippen molar-refractivity contribution in [3.8, 4) is 0 Å². The minimum Gasteiger partial charge on any atom is -0.273 e. The van der Waals surface area contributed by atoms with Crippen LogP contribution in [-0.4, -0.2) is 12.1 Å². The van der Waals surface area contributed by atoms with E-state index in [1.807, 2.05) is 43.3 Å². The zero-order chi connectivity index (χ0) is 13.7. The summed E-state index contributed by atoms with van der Waals surface area (Å²) >= 11 is 5.00. The third kappa shape index (κ3) is 4.61. The standard InChI is InChI=1S/C14H13BrN2OS/c1-10-2-7-13(19-10)9-16-17-14(18)8-11-3-5-12(15)6-4-11/h2-7,9H,8H2,1H3,(H,17,18)/b16-9+. The monoisotopic (exact) mass is 336 g/mol. The lowest BCUT2D eigenvalue weighted by Gasteiger charge is -2.00. The lowest BCUT2D eigenvalue weighted by Crippen LogP contribution is -2.19. The van der Waals surface area contributed by atoms with Crippen LogP contribution in [0, 0.1) is 6.92 Å². The molecule has 2 rings (SSSR count). The highest BCUT2D eigenvalue weighted by atomic mass is 79.9. The van der Waals surface area contributed by atoms with E-state index in [1.165, 1.54) is 4.88 Å². The molecule has 5 heteroatoms. The molecule has 0 saturated heterocycles. The lowest BCUT2D eigenvalue weighted by atomic mass is 10.1. The third-order valence-corrected chi connectivity index (χ3v) is 3.88. The molecule has 0 atom stereocenters. The van der Waals surface area contributed by atoms with Gasteiger partial charge < -0.3 is 0 Å². The highest BCUT2D eigenvalue weighted by Crippen LogP contribution is 2.12. The van der Waals surface area contributed by atoms with E-state index < -0.39 is 0 Å². The molecule has 0 spiro atoms. The van der Waals surface area contributed by atoms with Gasteiger partial charge in [-0.3, -0.25) is 4.79 Å². The fourth-order valence-electron chi connectivity index (χ4n) is 1.52. The van der Waals surface area contributed by atoms with Crippen molar-refractivity contribution in [1.29, 1.82) is 0 Å². The van der Waals surface area contributed by atoms with Gasteiger partial charge in [0.25, 0.3) is 0 Å². The van der Waals surface area contributed by atoms with Crippen LogP contribution in [0.1, 0.15) is 15.3 Å². The van der Waals surface area contributed by atoms with Gasteiger partial charge in [-0.15, -0.1) is 11.3 Å². The summed E-state index contributed by atoms with van der Waals surface area (Å²) in [6.07, 6.45) is 1.99. The second kappa shape index (κ2) is 6.63. The maximum Gasteiger partial charge on any atom is 0.244 e. The van der Waals surface area contributed by atoms with Gasteiger partial charge in [0.1, 0.15) is 0 Å². The molecule has 1 aromatic heterocycles. The number of thiophene rings is 1. The number of carbonyl (C=O) groups is 1. The van der Waals surface area contributed by atoms with Crippen molar-refractivity contribution in [1.82, 2.24) is 5.43 Å². The largest absolute Gasteiger partial charge is 0.273 e. The van der Waals surface area contributed by atoms with Crippen molar-refractivity contribution < 1.29 is 4.79 Å². The summed E-state index contributed by atoms with van der Waals surface area (Å²) in [6, 6.07) is 11.7. The number of aryl methyl sites for hydroxylation is 1. The Labute approximate surface area is 124 Å². The fourth-order valence-corrected chi connectivity index (χ4v) is 2.53. The van der Waals surface area contributed by atoms with Crippen LogP contribution in [0.15, 0.2) is 46.0 Å². The average Bonchev–Trinajstić information content (AvgIpc) is 2.78. The van der Waals surface area contributed by atoms with Gasteiger partial charge in [-0.1, -0.05) is 28.1 Å². The molecule has 1 heterocycles. The van der Waals surface area contributed by atoms with Crippen LogP contribution in [0.5, 0.6) is 0 Å². The summed E-state index contributed by atoms with van der Waals surface area (Å²) in [5.41, 5.74) is 3.49. The Hall–Kier alpha value is -1.46. The van der Waals surface area contributed by atoms with Gasteiger partial charge in [-0.05, 0) is 36.8 Å². The van der Waals surface area contributed by atoms with Crippen molar-refractivity contribution in [2.24, 2.45) is 5.10 Å². The summed E-state index contributed by atoms with van der Waals surface area (Å²) in [5, 5.41) is 3.95. The van der Waals surface area contributed by atoms with E-state index in [0.717, 1.165) is 14.9 Å². The van der Waals surface area contributed by atoms with E-state index in [9.17, 15) is 4.79 Å². The molecule has 0 aliphatic carbocycles. The molecule has 19 heavy (non-hydrogen) atoms. The zero-order valence-electron chi connectivity index (χ0n) is 10.4. The molecule has 3 nitrogen and oxygen atoms in total. The van der Waals surface area contributed by atoms with Crippen LogP contribution in [0.4, 0.5) is 0 Å². The smallest absolute Gasteiger partial charge is 0.244 e. The van der Waals surface area contributed by atoms with Crippen molar-refractivity contribution in [3.63, 3.8) is 0 Å². The van der Waals surface area contributed by atoms with E-state index in [0.29, 0.717) is 6.42 Å². The first-order valence-electron chi connectivity index (χ1n) is 5.76. The van der Waals surface area contributed by atoms with Gasteiger partial charge in [-0.2, -0.15) is 5.10 Å². The highest BCUT2D eigenvalue weighted by Gasteiger charge is 2.01. The first-order valence-corrected chi connectivity index (χ1v) is 7.37. The predicted octanol–water partition coefficient (Wildman–Crippen LogP) is 3.51. The number of benzene rings is 1. The molecule has 0 radical (unpaired) electrons. The first-order chi connectivity index (χ1) is 9.13. The van der Waals surface area contributed by atoms with Crippen LogP contribution < -0.4 is 5.43 Å². The molecule has 0 fully saturated rings. The van der Waals surface area contributed by atoms with Crippen molar-refractivity contribution in [3.05, 3.63) is 56.2 Å². The van der Waals surface area contributed by atoms with E-state index in [2.05, 4.69) is 26.5 Å². The summed E-state index contributed by atoms with van der Waals surface area (Å²) in [4.78, 5) is 13.9. The third-order valence-electron chi connectivity index (χ3n) is 2.42. The normalized spacial score (nSPS) is 10.8. The summed E-state index contributed by atoms with van der Waals surface area (Å²) in [5.74, 6) is -0.119. The number of hydrazone groups is 1. The Morgan fingerprint density at radius 1 is 1.32 bits per heavy atom. The predicted molar refractivity (Wildman–Crippen MR) is 82.6 cm³/mol. The van der Waals surface area contributed by atoms with Gasteiger partial charge in [-0.25, -0.2) is 5.43 Å². The quantitative estimate of drug-likeness (QED) is 0.673. The van der Waals surface area contributed by atoms with Gasteiger partial charge in [0.15, 0.2) is 0 Å². The summed E-state index contributed by atoms with van der Waals surface area (Å²) in [6.45, 7) is 2.04. The van der Waals surface area contributed by atoms with Gasteiger partial charge in [0, 0.05) is 14.2 Å². The number of hydrogen-bond donors (Lipinski definition) is 1. The van der Waals surface area contributed by atoms with E-state index in [1.54, 1.807) is 17.6 Å². The van der Waals surface area contributed by atoms with Crippen molar-refractivity contribution in [2.45, 2.75) is 13.3 Å². The molecule has 0 aliphatic rings. The Kier molecular flexibility index (Phi) is 4.87. The van der Waals surface area contributed by atoms with E-state index in [4.69, 9.17) is 0 Å². The molecule has 0 aliphatic heterocycles. The molecule has 0 saturated carbocycles. The van der Waals surface area contributed by atoms with Gasteiger partial charge in [0.05, 0.1) is 12.6 Å². The number of hydrogen-bond acceptors (Lipinski definition) is 3. The van der Waals surface area contributed by atoms with E-state index >= 15 is 0 Å². The minimum atomic E-state index is -0.119. The van der Waals surface area contributed by atoms with Crippen LogP contribution in [0.25, 0.3) is 0 Å². The second-order valence-electron chi connectivity index (χ2n) is 4.04. The second-order valence-corrected chi connectivity index (χ2v) is 6.28. The van der Waals surface area contributed by atoms with Crippen LogP contribution in [0.3, 0.4) is 0 Å². The van der Waals surface area contributed by atoms with Crippen LogP contribution >= 0.6 is 27.3 Å². The Bertz CT molecular complexity index is 590. The molecule has 1 N–H and O–H groups in total. The topological polar surface area (TPSA) is 41.5 Å². The molecule has 98 valence electrons. The van der Waals surface area contributed by atoms with Gasteiger partial charge in [0.2, 0.25) is 5.91 Å². The number of halogens is 1. The number of rotatable bonds is 4. The molecule has 2 aromatic rings. The first kappa shape index (κ1) is 14.0. The summed E-state index contributed by atoms with van der Waals surface area (Å²) < 4.78 is 1.00. The SMILES string of the molecule is Cc1ccc(/C=N/NC(=O)Cc2ccc(Br)cc2)s1. The molecule has 0 unspecified atom stereocenters. The number of nitrogens with zero attached hydrogens (tertiary/aromatic N) is 1.